The number of amides is 2. The number of carbonyl (C=O) groups is 3. The quantitative estimate of drug-likeness (QED) is 0.227. The fraction of sp³-hybridized carbons (Fsp3) is 0.265. The van der Waals surface area contributed by atoms with Crippen LogP contribution in [0.15, 0.2) is 90.5 Å². The van der Waals surface area contributed by atoms with E-state index < -0.39 is 17.8 Å². The Hall–Kier alpha value is -4.25. The second-order valence-electron chi connectivity index (χ2n) is 11.1. The van der Waals surface area contributed by atoms with Gasteiger partial charge in [-0.1, -0.05) is 71.8 Å². The Morgan fingerprint density at radius 1 is 0.692 bits per heavy atom. The first kappa shape index (κ1) is 25.1. The maximum absolute atomic E-state index is 13.8. The molecule has 0 N–H and O–H groups in total. The molecule has 0 aromatic heterocycles. The third kappa shape index (κ3) is 4.13. The molecule has 0 unspecified atom stereocenters. The molecule has 5 nitrogen and oxygen atoms in total. The van der Waals surface area contributed by atoms with Crippen molar-refractivity contribution in [2.24, 2.45) is 23.7 Å². The fourth-order valence-corrected chi connectivity index (χ4v) is 6.32. The van der Waals surface area contributed by atoms with Crippen LogP contribution in [0.25, 0.3) is 5.57 Å². The fourth-order valence-electron chi connectivity index (χ4n) is 6.32. The molecule has 1 saturated carbocycles. The van der Waals surface area contributed by atoms with Crippen molar-refractivity contribution in [1.82, 2.24) is 0 Å². The number of hydrogen-bond acceptors (Lipinski definition) is 4. The summed E-state index contributed by atoms with van der Waals surface area (Å²) in [5, 5.41) is 0. The van der Waals surface area contributed by atoms with Gasteiger partial charge in [0.05, 0.1) is 29.2 Å². The van der Waals surface area contributed by atoms with Crippen molar-refractivity contribution >= 4 is 29.0 Å². The van der Waals surface area contributed by atoms with Crippen molar-refractivity contribution in [3.05, 3.63) is 118 Å². The summed E-state index contributed by atoms with van der Waals surface area (Å²) < 4.78 is 5.26. The molecule has 196 valence electrons. The summed E-state index contributed by atoms with van der Waals surface area (Å²) in [6.45, 7) is 7.72. The van der Waals surface area contributed by atoms with Crippen LogP contribution in [0.2, 0.25) is 0 Å². The smallest absolute Gasteiger partial charge is 0.338 e. The molecule has 2 fully saturated rings. The summed E-state index contributed by atoms with van der Waals surface area (Å²) in [6.07, 6.45) is 4.00. The topological polar surface area (TPSA) is 63.7 Å². The van der Waals surface area contributed by atoms with E-state index in [2.05, 4.69) is 74.5 Å². The lowest BCUT2D eigenvalue weighted by molar-refractivity contribution is -0.122. The van der Waals surface area contributed by atoms with Gasteiger partial charge in [0.2, 0.25) is 11.8 Å². The molecule has 6 rings (SSSR count). The van der Waals surface area contributed by atoms with Crippen molar-refractivity contribution < 1.29 is 19.1 Å². The van der Waals surface area contributed by atoms with Gasteiger partial charge in [0.1, 0.15) is 0 Å². The summed E-state index contributed by atoms with van der Waals surface area (Å²) in [5.41, 5.74) is 7.71. The van der Waals surface area contributed by atoms with E-state index in [9.17, 15) is 14.4 Å². The van der Waals surface area contributed by atoms with E-state index in [1.165, 1.54) is 16.0 Å². The van der Waals surface area contributed by atoms with Gasteiger partial charge in [-0.25, -0.2) is 9.69 Å². The van der Waals surface area contributed by atoms with E-state index in [1.807, 2.05) is 0 Å². The number of anilines is 1. The number of hydrogen-bond donors (Lipinski definition) is 0. The number of nitrogens with zero attached hydrogens (tertiary/aromatic N) is 1. The molecule has 0 spiro atoms. The van der Waals surface area contributed by atoms with Crippen molar-refractivity contribution in [1.29, 1.82) is 0 Å². The number of aryl methyl sites for hydroxylation is 2. The molecular weight excluding hydrogens is 486 g/mol. The maximum Gasteiger partial charge on any atom is 0.338 e. The molecular formula is C34H31NO4. The van der Waals surface area contributed by atoms with Gasteiger partial charge >= 0.3 is 5.97 Å². The van der Waals surface area contributed by atoms with Gasteiger partial charge in [-0.3, -0.25) is 9.59 Å². The highest BCUT2D eigenvalue weighted by Crippen LogP contribution is 2.58. The van der Waals surface area contributed by atoms with Crippen LogP contribution in [0.3, 0.4) is 0 Å². The number of imide groups is 1. The van der Waals surface area contributed by atoms with Crippen molar-refractivity contribution in [2.75, 3.05) is 4.90 Å². The molecule has 0 radical (unpaired) electrons. The largest absolute Gasteiger partial charge is 0.459 e. The van der Waals surface area contributed by atoms with Crippen LogP contribution in [-0.2, 0) is 14.3 Å². The van der Waals surface area contributed by atoms with Gasteiger partial charge in [-0.2, -0.15) is 0 Å². The Morgan fingerprint density at radius 2 is 1.13 bits per heavy atom. The Morgan fingerprint density at radius 3 is 1.56 bits per heavy atom. The Bertz CT molecular complexity index is 1450. The molecule has 1 saturated heterocycles. The third-order valence-corrected chi connectivity index (χ3v) is 8.09. The van der Waals surface area contributed by atoms with Crippen molar-refractivity contribution in [3.63, 3.8) is 0 Å². The second-order valence-corrected chi connectivity index (χ2v) is 11.1. The van der Waals surface area contributed by atoms with Crippen LogP contribution in [0.4, 0.5) is 5.69 Å². The zero-order valence-electron chi connectivity index (χ0n) is 22.5. The molecule has 2 amide bonds. The van der Waals surface area contributed by atoms with Crippen LogP contribution < -0.4 is 4.90 Å². The molecule has 2 bridgehead atoms. The van der Waals surface area contributed by atoms with Gasteiger partial charge in [-0.15, -0.1) is 0 Å². The van der Waals surface area contributed by atoms with E-state index >= 15 is 0 Å². The minimum absolute atomic E-state index is 0.139. The van der Waals surface area contributed by atoms with Crippen LogP contribution in [-0.4, -0.2) is 23.9 Å². The third-order valence-electron chi connectivity index (χ3n) is 8.09. The molecule has 1 heterocycles. The molecule has 5 heteroatoms. The number of rotatable bonds is 5. The van der Waals surface area contributed by atoms with E-state index in [1.54, 1.807) is 38.1 Å². The van der Waals surface area contributed by atoms with Gasteiger partial charge in [0.25, 0.3) is 0 Å². The molecule has 3 aromatic rings. The monoisotopic (exact) mass is 517 g/mol. The van der Waals surface area contributed by atoms with Crippen LogP contribution in [0.5, 0.6) is 0 Å². The Kier molecular flexibility index (Phi) is 6.10. The maximum atomic E-state index is 13.8. The number of ether oxygens (including phenoxy) is 1. The van der Waals surface area contributed by atoms with Crippen molar-refractivity contribution in [3.8, 4) is 0 Å². The first-order valence-electron chi connectivity index (χ1n) is 13.5. The number of benzene rings is 3. The predicted octanol–water partition coefficient (Wildman–Crippen LogP) is 6.29. The van der Waals surface area contributed by atoms with Crippen molar-refractivity contribution in [2.45, 2.75) is 33.8 Å². The Labute approximate surface area is 228 Å². The summed E-state index contributed by atoms with van der Waals surface area (Å²) in [5.74, 6) is -1.92. The zero-order valence-corrected chi connectivity index (χ0v) is 22.5. The number of fused-ring (bicyclic) bond motifs is 5. The molecule has 39 heavy (non-hydrogen) atoms. The van der Waals surface area contributed by atoms with E-state index in [0.717, 1.165) is 22.3 Å². The highest BCUT2D eigenvalue weighted by molar-refractivity contribution is 6.23. The molecule has 1 aliphatic heterocycles. The highest BCUT2D eigenvalue weighted by atomic mass is 16.5. The van der Waals surface area contributed by atoms with Gasteiger partial charge < -0.3 is 4.74 Å². The van der Waals surface area contributed by atoms with Gasteiger partial charge in [0.15, 0.2) is 0 Å². The SMILES string of the molecule is Cc1ccc(C(=C2[C@H]3C=C[C@H]2[C@@H]2C(=O)N(c4ccc(C(=O)OC(C)C)cc4)C(=O)[C@H]23)c2ccc(C)cc2)cc1. The molecule has 4 atom stereocenters. The average molecular weight is 518 g/mol. The zero-order chi connectivity index (χ0) is 27.4. The lowest BCUT2D eigenvalue weighted by Crippen LogP contribution is -2.33. The number of allylic oxidation sites excluding steroid dienone is 3. The van der Waals surface area contributed by atoms with Gasteiger partial charge in [-0.05, 0) is 74.2 Å². The van der Waals surface area contributed by atoms with E-state index in [4.69, 9.17) is 4.74 Å². The minimum Gasteiger partial charge on any atom is -0.459 e. The van der Waals surface area contributed by atoms with Crippen LogP contribution in [0.1, 0.15) is 46.5 Å². The molecule has 3 aromatic carbocycles. The first-order chi connectivity index (χ1) is 18.7. The average Bonchev–Trinajstić information content (AvgIpc) is 3.55. The number of esters is 1. The summed E-state index contributed by atoms with van der Waals surface area (Å²) in [7, 11) is 0. The predicted molar refractivity (Wildman–Crippen MR) is 151 cm³/mol. The normalized spacial score (nSPS) is 23.1. The summed E-state index contributed by atoms with van der Waals surface area (Å²) in [4.78, 5) is 41.3. The van der Waals surface area contributed by atoms with Crippen LogP contribution >= 0.6 is 0 Å². The van der Waals surface area contributed by atoms with Gasteiger partial charge in [0, 0.05) is 11.8 Å². The minimum atomic E-state index is -0.432. The lowest BCUT2D eigenvalue weighted by Gasteiger charge is -2.22. The summed E-state index contributed by atoms with van der Waals surface area (Å²) >= 11 is 0. The lowest BCUT2D eigenvalue weighted by atomic mass is 9.85. The Balaban J connectivity index is 1.38. The van der Waals surface area contributed by atoms with E-state index in [0.29, 0.717) is 11.3 Å². The van der Waals surface area contributed by atoms with E-state index in [-0.39, 0.29) is 29.8 Å². The standard InChI is InChI=1S/C34H31NO4/c1-19(2)39-34(38)24-13-15-25(16-14-24)35-32(36)30-26-17-18-27(31(30)33(35)37)29(26)28(22-9-5-20(3)6-10-22)23-11-7-21(4)8-12-23/h5-19,26-27,30-31H,1-4H3/t26-,27-,30+,31+/m1/s1. The summed E-state index contributed by atoms with van der Waals surface area (Å²) in [6, 6.07) is 23.5. The molecule has 2 aliphatic carbocycles. The number of carbonyl (C=O) groups excluding carboxylic acids is 3. The first-order valence-corrected chi connectivity index (χ1v) is 13.5. The van der Waals surface area contributed by atoms with Crippen LogP contribution in [0, 0.1) is 37.5 Å². The highest BCUT2D eigenvalue weighted by Gasteiger charge is 2.62. The second kappa shape index (κ2) is 9.49. The molecule has 3 aliphatic rings.